The van der Waals surface area contributed by atoms with Crippen LogP contribution in [0.4, 0.5) is 0 Å². The Morgan fingerprint density at radius 3 is 2.52 bits per heavy atom. The third-order valence-electron chi connectivity index (χ3n) is 4.02. The molecule has 3 aromatic heterocycles. The van der Waals surface area contributed by atoms with Crippen LogP contribution in [0.3, 0.4) is 0 Å². The number of aromatic nitrogens is 3. The minimum Gasteiger partial charge on any atom is -0.465 e. The Morgan fingerprint density at radius 2 is 1.80 bits per heavy atom. The molecule has 0 unspecified atom stereocenters. The summed E-state index contributed by atoms with van der Waals surface area (Å²) in [6.07, 6.45) is 3.73. The normalized spacial score (nSPS) is 10.8. The summed E-state index contributed by atoms with van der Waals surface area (Å²) in [6.45, 7) is 0. The van der Waals surface area contributed by atoms with E-state index in [1.807, 2.05) is 59.1 Å². The van der Waals surface area contributed by atoms with E-state index in [1.165, 1.54) is 7.11 Å². The number of fused-ring (bicyclic) bond motifs is 1. The maximum atomic E-state index is 11.6. The molecule has 5 nitrogen and oxygen atoms in total. The standard InChI is InChI=1S/C20H15N3O2/c1-25-20(24)15-10-8-14(9-11-15)19-22-18(16-6-2-4-12-21-16)17-7-3-5-13-23(17)19/h2-13H,1H3. The molecule has 3 heterocycles. The van der Waals surface area contributed by atoms with Crippen LogP contribution in [0, 0.1) is 0 Å². The molecule has 0 fully saturated rings. The van der Waals surface area contributed by atoms with E-state index in [0.717, 1.165) is 28.3 Å². The van der Waals surface area contributed by atoms with Crippen LogP contribution in [0.5, 0.6) is 0 Å². The van der Waals surface area contributed by atoms with Crippen molar-refractivity contribution in [1.82, 2.24) is 14.4 Å². The van der Waals surface area contributed by atoms with Crippen LogP contribution in [0.2, 0.25) is 0 Å². The Hall–Kier alpha value is -3.47. The highest BCUT2D eigenvalue weighted by atomic mass is 16.5. The van der Waals surface area contributed by atoms with Crippen molar-refractivity contribution in [1.29, 1.82) is 0 Å². The Morgan fingerprint density at radius 1 is 1.00 bits per heavy atom. The quantitative estimate of drug-likeness (QED) is 0.536. The van der Waals surface area contributed by atoms with Gasteiger partial charge in [-0.1, -0.05) is 24.3 Å². The summed E-state index contributed by atoms with van der Waals surface area (Å²) in [6, 6.07) is 19.0. The minimum atomic E-state index is -0.353. The molecule has 0 aliphatic carbocycles. The second kappa shape index (κ2) is 6.20. The molecule has 25 heavy (non-hydrogen) atoms. The van der Waals surface area contributed by atoms with Crippen molar-refractivity contribution in [3.05, 3.63) is 78.6 Å². The van der Waals surface area contributed by atoms with Crippen molar-refractivity contribution in [2.45, 2.75) is 0 Å². The first-order chi connectivity index (χ1) is 12.3. The summed E-state index contributed by atoms with van der Waals surface area (Å²) < 4.78 is 6.77. The molecule has 0 aliphatic rings. The fourth-order valence-corrected chi connectivity index (χ4v) is 2.81. The number of imidazole rings is 1. The number of hydrogen-bond acceptors (Lipinski definition) is 4. The summed E-state index contributed by atoms with van der Waals surface area (Å²) in [5, 5.41) is 0. The first kappa shape index (κ1) is 15.1. The zero-order chi connectivity index (χ0) is 17.2. The van der Waals surface area contributed by atoms with Gasteiger partial charge in [0.1, 0.15) is 11.5 Å². The summed E-state index contributed by atoms with van der Waals surface area (Å²) in [5.41, 5.74) is 4.05. The first-order valence-corrected chi connectivity index (χ1v) is 7.85. The lowest BCUT2D eigenvalue weighted by Gasteiger charge is -2.03. The highest BCUT2D eigenvalue weighted by molar-refractivity contribution is 5.90. The van der Waals surface area contributed by atoms with Gasteiger partial charge in [0, 0.05) is 18.0 Å². The number of rotatable bonds is 3. The molecule has 0 atom stereocenters. The van der Waals surface area contributed by atoms with Crippen molar-refractivity contribution in [3.8, 4) is 22.8 Å². The summed E-state index contributed by atoms with van der Waals surface area (Å²) >= 11 is 0. The van der Waals surface area contributed by atoms with Crippen molar-refractivity contribution >= 4 is 11.5 Å². The lowest BCUT2D eigenvalue weighted by atomic mass is 10.1. The molecule has 0 bridgehead atoms. The van der Waals surface area contributed by atoms with Crippen molar-refractivity contribution < 1.29 is 9.53 Å². The van der Waals surface area contributed by atoms with E-state index < -0.39 is 0 Å². The van der Waals surface area contributed by atoms with Gasteiger partial charge in [0.05, 0.1) is 23.9 Å². The van der Waals surface area contributed by atoms with Crippen LogP contribution in [0.25, 0.3) is 28.3 Å². The molecule has 0 amide bonds. The number of ether oxygens (including phenoxy) is 1. The smallest absolute Gasteiger partial charge is 0.337 e. The van der Waals surface area contributed by atoms with Gasteiger partial charge in [-0.05, 0) is 36.4 Å². The molecule has 5 heteroatoms. The number of carbonyl (C=O) groups is 1. The number of methoxy groups -OCH3 is 1. The highest BCUT2D eigenvalue weighted by Gasteiger charge is 2.15. The van der Waals surface area contributed by atoms with E-state index >= 15 is 0 Å². The predicted octanol–water partition coefficient (Wildman–Crippen LogP) is 3.85. The summed E-state index contributed by atoms with van der Waals surface area (Å²) in [5.74, 6) is 0.446. The second-order valence-electron chi connectivity index (χ2n) is 5.52. The maximum Gasteiger partial charge on any atom is 0.337 e. The number of nitrogens with zero attached hydrogens (tertiary/aromatic N) is 3. The van der Waals surface area contributed by atoms with Gasteiger partial charge in [-0.15, -0.1) is 0 Å². The molecule has 0 saturated carbocycles. The molecular weight excluding hydrogens is 314 g/mol. The Bertz CT molecular complexity index is 1040. The van der Waals surface area contributed by atoms with Crippen molar-refractivity contribution in [3.63, 3.8) is 0 Å². The fourth-order valence-electron chi connectivity index (χ4n) is 2.81. The fraction of sp³-hybridized carbons (Fsp3) is 0.0500. The van der Waals surface area contributed by atoms with E-state index in [4.69, 9.17) is 9.72 Å². The highest BCUT2D eigenvalue weighted by Crippen LogP contribution is 2.28. The van der Waals surface area contributed by atoms with E-state index in [2.05, 4.69) is 4.98 Å². The van der Waals surface area contributed by atoms with Gasteiger partial charge in [-0.25, -0.2) is 9.78 Å². The number of benzene rings is 1. The lowest BCUT2D eigenvalue weighted by Crippen LogP contribution is -2.00. The van der Waals surface area contributed by atoms with E-state index in [0.29, 0.717) is 5.56 Å². The predicted molar refractivity (Wildman–Crippen MR) is 95.2 cm³/mol. The monoisotopic (exact) mass is 329 g/mol. The van der Waals surface area contributed by atoms with Crippen molar-refractivity contribution in [2.24, 2.45) is 0 Å². The second-order valence-corrected chi connectivity index (χ2v) is 5.52. The van der Waals surface area contributed by atoms with Crippen LogP contribution >= 0.6 is 0 Å². The van der Waals surface area contributed by atoms with Gasteiger partial charge in [0.2, 0.25) is 0 Å². The van der Waals surface area contributed by atoms with Gasteiger partial charge in [0.15, 0.2) is 0 Å². The molecule has 4 rings (SSSR count). The van der Waals surface area contributed by atoms with Crippen LogP contribution in [0.1, 0.15) is 10.4 Å². The molecule has 1 aromatic carbocycles. The van der Waals surface area contributed by atoms with E-state index in [1.54, 1.807) is 18.3 Å². The van der Waals surface area contributed by atoms with Crippen LogP contribution in [-0.4, -0.2) is 27.4 Å². The molecule has 4 aromatic rings. The SMILES string of the molecule is COC(=O)c1ccc(-c2nc(-c3ccccn3)c3ccccn23)cc1. The zero-order valence-electron chi connectivity index (χ0n) is 13.6. The topological polar surface area (TPSA) is 56.5 Å². The van der Waals surface area contributed by atoms with Gasteiger partial charge in [-0.3, -0.25) is 9.38 Å². The van der Waals surface area contributed by atoms with E-state index in [-0.39, 0.29) is 5.97 Å². The lowest BCUT2D eigenvalue weighted by molar-refractivity contribution is 0.0601. The minimum absolute atomic E-state index is 0.353. The third kappa shape index (κ3) is 2.65. The number of carbonyl (C=O) groups excluding carboxylic acids is 1. The molecule has 0 N–H and O–H groups in total. The van der Waals surface area contributed by atoms with Gasteiger partial charge in [0.25, 0.3) is 0 Å². The van der Waals surface area contributed by atoms with E-state index in [9.17, 15) is 4.79 Å². The molecule has 122 valence electrons. The number of esters is 1. The van der Waals surface area contributed by atoms with Crippen LogP contribution in [-0.2, 0) is 4.74 Å². The molecule has 0 spiro atoms. The third-order valence-corrected chi connectivity index (χ3v) is 4.02. The van der Waals surface area contributed by atoms with Crippen molar-refractivity contribution in [2.75, 3.05) is 7.11 Å². The largest absolute Gasteiger partial charge is 0.465 e. The van der Waals surface area contributed by atoms with Crippen LogP contribution < -0.4 is 0 Å². The van der Waals surface area contributed by atoms with Gasteiger partial charge >= 0.3 is 5.97 Å². The Kier molecular flexibility index (Phi) is 3.74. The zero-order valence-corrected chi connectivity index (χ0v) is 13.6. The average molecular weight is 329 g/mol. The maximum absolute atomic E-state index is 11.6. The molecule has 0 radical (unpaired) electrons. The van der Waals surface area contributed by atoms with Crippen LogP contribution in [0.15, 0.2) is 73.1 Å². The van der Waals surface area contributed by atoms with Gasteiger partial charge in [-0.2, -0.15) is 0 Å². The summed E-state index contributed by atoms with van der Waals surface area (Å²) in [7, 11) is 1.37. The number of pyridine rings is 2. The Labute approximate surface area is 144 Å². The summed E-state index contributed by atoms with van der Waals surface area (Å²) in [4.78, 5) is 20.8. The van der Waals surface area contributed by atoms with Gasteiger partial charge < -0.3 is 4.74 Å². The molecule has 0 aliphatic heterocycles. The Balaban J connectivity index is 1.87. The molecular formula is C20H15N3O2. The first-order valence-electron chi connectivity index (χ1n) is 7.85. The number of hydrogen-bond donors (Lipinski definition) is 0. The average Bonchev–Trinajstić information content (AvgIpc) is 3.08. The molecule has 0 saturated heterocycles.